The van der Waals surface area contributed by atoms with E-state index in [1.54, 1.807) is 29.2 Å². The monoisotopic (exact) mass is 378 g/mol. The lowest BCUT2D eigenvalue weighted by molar-refractivity contribution is -0.138. The molecule has 10 nitrogen and oxygen atoms in total. The van der Waals surface area contributed by atoms with E-state index in [2.05, 4.69) is 20.3 Å². The molecule has 26 heavy (non-hydrogen) atoms. The Kier molecular flexibility index (Phi) is 5.00. The first kappa shape index (κ1) is 18.0. The first-order valence-electron chi connectivity index (χ1n) is 7.87. The van der Waals surface area contributed by atoms with E-state index in [1.807, 2.05) is 0 Å². The molecule has 0 spiro atoms. The SMILES string of the molecule is NS(=O)(=O)Cc1cccc(Nc2ncnc(N3CCCC3C(=O)O)n2)c1. The number of aliphatic carboxylic acids is 1. The number of hydrogen-bond acceptors (Lipinski definition) is 8. The van der Waals surface area contributed by atoms with Crippen molar-refractivity contribution in [2.24, 2.45) is 5.14 Å². The summed E-state index contributed by atoms with van der Waals surface area (Å²) in [7, 11) is -3.63. The highest BCUT2D eigenvalue weighted by Gasteiger charge is 2.32. The number of hydrogen-bond donors (Lipinski definition) is 3. The number of rotatable bonds is 6. The van der Waals surface area contributed by atoms with Gasteiger partial charge >= 0.3 is 5.97 Å². The van der Waals surface area contributed by atoms with Gasteiger partial charge in [-0.15, -0.1) is 0 Å². The van der Waals surface area contributed by atoms with Crippen LogP contribution in [0.2, 0.25) is 0 Å². The fraction of sp³-hybridized carbons (Fsp3) is 0.333. The van der Waals surface area contributed by atoms with Crippen LogP contribution in [0.3, 0.4) is 0 Å². The van der Waals surface area contributed by atoms with Crippen molar-refractivity contribution in [1.29, 1.82) is 0 Å². The fourth-order valence-electron chi connectivity index (χ4n) is 2.85. The van der Waals surface area contributed by atoms with Gasteiger partial charge in [0.1, 0.15) is 12.4 Å². The molecular weight excluding hydrogens is 360 g/mol. The fourth-order valence-corrected chi connectivity index (χ4v) is 3.49. The number of nitrogens with zero attached hydrogens (tertiary/aromatic N) is 4. The molecule has 0 radical (unpaired) electrons. The van der Waals surface area contributed by atoms with E-state index in [4.69, 9.17) is 5.14 Å². The summed E-state index contributed by atoms with van der Waals surface area (Å²) in [6.45, 7) is 0.560. The number of primary sulfonamides is 1. The van der Waals surface area contributed by atoms with Crippen LogP contribution in [0.15, 0.2) is 30.6 Å². The van der Waals surface area contributed by atoms with E-state index in [-0.39, 0.29) is 17.6 Å². The van der Waals surface area contributed by atoms with Crippen molar-refractivity contribution in [1.82, 2.24) is 15.0 Å². The summed E-state index contributed by atoms with van der Waals surface area (Å²) in [6, 6.07) is 6.04. The summed E-state index contributed by atoms with van der Waals surface area (Å²) in [5.41, 5.74) is 1.11. The van der Waals surface area contributed by atoms with Crippen LogP contribution in [0.25, 0.3) is 0 Å². The molecule has 0 saturated carbocycles. The molecule has 1 aromatic carbocycles. The Morgan fingerprint density at radius 3 is 2.92 bits per heavy atom. The molecule has 1 atom stereocenters. The molecule has 1 aliphatic rings. The minimum atomic E-state index is -3.63. The Labute approximate surface area is 150 Å². The van der Waals surface area contributed by atoms with Crippen molar-refractivity contribution in [2.75, 3.05) is 16.8 Å². The average Bonchev–Trinajstić information content (AvgIpc) is 3.04. The van der Waals surface area contributed by atoms with Gasteiger partial charge in [-0.25, -0.2) is 28.3 Å². The number of sulfonamides is 1. The maximum atomic E-state index is 11.3. The molecule has 1 saturated heterocycles. The van der Waals surface area contributed by atoms with E-state index in [0.29, 0.717) is 24.2 Å². The van der Waals surface area contributed by atoms with Gasteiger partial charge in [0.05, 0.1) is 5.75 Å². The van der Waals surface area contributed by atoms with Crippen LogP contribution in [-0.4, -0.2) is 47.0 Å². The second-order valence-corrected chi connectivity index (χ2v) is 7.55. The molecule has 4 N–H and O–H groups in total. The molecule has 3 rings (SSSR count). The van der Waals surface area contributed by atoms with E-state index in [1.165, 1.54) is 6.33 Å². The summed E-state index contributed by atoms with van der Waals surface area (Å²) in [5.74, 6) is -0.668. The summed E-state index contributed by atoms with van der Waals surface area (Å²) in [6.07, 6.45) is 2.59. The van der Waals surface area contributed by atoms with Gasteiger partial charge < -0.3 is 15.3 Å². The molecule has 11 heteroatoms. The van der Waals surface area contributed by atoms with Crippen LogP contribution in [0.5, 0.6) is 0 Å². The highest BCUT2D eigenvalue weighted by atomic mass is 32.2. The highest BCUT2D eigenvalue weighted by Crippen LogP contribution is 2.23. The largest absolute Gasteiger partial charge is 0.480 e. The van der Waals surface area contributed by atoms with Gasteiger partial charge in [-0.3, -0.25) is 0 Å². The Hall–Kier alpha value is -2.79. The number of nitrogens with one attached hydrogen (secondary N) is 1. The number of carbonyl (C=O) groups is 1. The number of aromatic nitrogens is 3. The van der Waals surface area contributed by atoms with Crippen LogP contribution >= 0.6 is 0 Å². The van der Waals surface area contributed by atoms with Gasteiger partial charge in [-0.1, -0.05) is 12.1 Å². The van der Waals surface area contributed by atoms with Crippen LogP contribution in [0.1, 0.15) is 18.4 Å². The maximum absolute atomic E-state index is 11.3. The van der Waals surface area contributed by atoms with Crippen LogP contribution < -0.4 is 15.4 Å². The van der Waals surface area contributed by atoms with Crippen molar-refractivity contribution in [3.63, 3.8) is 0 Å². The molecule has 1 unspecified atom stereocenters. The number of carboxylic acids is 1. The van der Waals surface area contributed by atoms with E-state index < -0.39 is 22.0 Å². The minimum Gasteiger partial charge on any atom is -0.480 e. The Bertz CT molecular complexity index is 920. The topological polar surface area (TPSA) is 151 Å². The van der Waals surface area contributed by atoms with Crippen molar-refractivity contribution >= 4 is 33.6 Å². The van der Waals surface area contributed by atoms with Crippen molar-refractivity contribution in [3.05, 3.63) is 36.2 Å². The number of carboxylic acid groups (broad SMARTS) is 1. The lowest BCUT2D eigenvalue weighted by Crippen LogP contribution is -2.37. The van der Waals surface area contributed by atoms with Gasteiger partial charge in [0, 0.05) is 12.2 Å². The standard InChI is InChI=1S/C15H18N6O4S/c16-26(24,25)8-10-3-1-4-11(7-10)19-14-17-9-18-15(20-14)21-6-2-5-12(21)13(22)23/h1,3-4,7,9,12H,2,5-6,8H2,(H,22,23)(H2,16,24,25)(H,17,18,19,20). The van der Waals surface area contributed by atoms with E-state index in [9.17, 15) is 18.3 Å². The quantitative estimate of drug-likeness (QED) is 0.651. The zero-order chi connectivity index (χ0) is 18.7. The maximum Gasteiger partial charge on any atom is 0.326 e. The molecule has 2 heterocycles. The second-order valence-electron chi connectivity index (χ2n) is 5.93. The van der Waals surface area contributed by atoms with E-state index >= 15 is 0 Å². The van der Waals surface area contributed by atoms with Crippen molar-refractivity contribution in [3.8, 4) is 0 Å². The molecule has 138 valence electrons. The molecule has 2 aromatic rings. The van der Waals surface area contributed by atoms with Crippen LogP contribution in [0.4, 0.5) is 17.6 Å². The Balaban J connectivity index is 1.79. The van der Waals surface area contributed by atoms with Gasteiger partial charge in [0.25, 0.3) is 0 Å². The Morgan fingerprint density at radius 2 is 2.19 bits per heavy atom. The predicted octanol–water partition coefficient (Wildman–Crippen LogP) is 0.457. The normalized spacial score (nSPS) is 17.3. The predicted molar refractivity (Wildman–Crippen MR) is 94.4 cm³/mol. The zero-order valence-corrected chi connectivity index (χ0v) is 14.6. The number of benzene rings is 1. The molecular formula is C15H18N6O4S. The first-order valence-corrected chi connectivity index (χ1v) is 9.58. The molecule has 0 bridgehead atoms. The third kappa shape index (κ3) is 4.43. The smallest absolute Gasteiger partial charge is 0.326 e. The number of anilines is 3. The minimum absolute atomic E-state index is 0.235. The van der Waals surface area contributed by atoms with Gasteiger partial charge in [0.2, 0.25) is 21.9 Å². The van der Waals surface area contributed by atoms with Crippen molar-refractivity contribution in [2.45, 2.75) is 24.6 Å². The third-order valence-electron chi connectivity index (χ3n) is 3.90. The average molecular weight is 378 g/mol. The summed E-state index contributed by atoms with van der Waals surface area (Å²) >= 11 is 0. The van der Waals surface area contributed by atoms with Gasteiger partial charge in [-0.05, 0) is 30.5 Å². The van der Waals surface area contributed by atoms with E-state index in [0.717, 1.165) is 6.42 Å². The van der Waals surface area contributed by atoms with Gasteiger partial charge in [-0.2, -0.15) is 4.98 Å². The molecule has 1 aromatic heterocycles. The summed E-state index contributed by atoms with van der Waals surface area (Å²) < 4.78 is 22.4. The molecule has 0 aliphatic carbocycles. The Morgan fingerprint density at radius 1 is 1.38 bits per heavy atom. The lowest BCUT2D eigenvalue weighted by Gasteiger charge is -2.21. The first-order chi connectivity index (χ1) is 12.3. The summed E-state index contributed by atoms with van der Waals surface area (Å²) in [5, 5.41) is 17.3. The zero-order valence-electron chi connectivity index (χ0n) is 13.7. The van der Waals surface area contributed by atoms with Crippen LogP contribution in [-0.2, 0) is 20.6 Å². The second kappa shape index (κ2) is 7.22. The molecule has 1 fully saturated rings. The number of nitrogens with two attached hydrogens (primary N) is 1. The molecule has 0 amide bonds. The van der Waals surface area contributed by atoms with Crippen molar-refractivity contribution < 1.29 is 18.3 Å². The highest BCUT2D eigenvalue weighted by molar-refractivity contribution is 7.88. The van der Waals surface area contributed by atoms with Crippen LogP contribution in [0, 0.1) is 0 Å². The summed E-state index contributed by atoms with van der Waals surface area (Å²) in [4.78, 5) is 25.3. The van der Waals surface area contributed by atoms with Gasteiger partial charge in [0.15, 0.2) is 0 Å². The molecule has 1 aliphatic heterocycles. The lowest BCUT2D eigenvalue weighted by atomic mass is 10.2. The third-order valence-corrected chi connectivity index (χ3v) is 4.64.